The first-order valence-electron chi connectivity index (χ1n) is 9.33. The van der Waals surface area contributed by atoms with E-state index in [0.717, 1.165) is 26.7 Å². The lowest BCUT2D eigenvalue weighted by Gasteiger charge is -2.30. The van der Waals surface area contributed by atoms with E-state index in [0.29, 0.717) is 5.52 Å². The third-order valence-corrected chi connectivity index (χ3v) is 5.87. The molecular formula is C22H16N4O3S. The number of aromatic nitrogens is 3. The lowest BCUT2D eigenvalue weighted by molar-refractivity contribution is -0.148. The Balaban J connectivity index is 1.33. The Morgan fingerprint density at radius 2 is 1.50 bits per heavy atom. The third kappa shape index (κ3) is 3.31. The van der Waals surface area contributed by atoms with Crippen LogP contribution >= 0.6 is 11.8 Å². The number of benzene rings is 3. The van der Waals surface area contributed by atoms with Gasteiger partial charge in [-0.1, -0.05) is 53.4 Å². The highest BCUT2D eigenvalue weighted by molar-refractivity contribution is 7.99. The third-order valence-electron chi connectivity index (χ3n) is 4.74. The Bertz CT molecular complexity index is 1220. The van der Waals surface area contributed by atoms with Crippen molar-refractivity contribution in [2.24, 2.45) is 0 Å². The smallest absolute Gasteiger partial charge is 0.328 e. The van der Waals surface area contributed by atoms with Gasteiger partial charge >= 0.3 is 5.97 Å². The Kier molecular flexibility index (Phi) is 4.68. The van der Waals surface area contributed by atoms with E-state index in [4.69, 9.17) is 4.74 Å². The number of esters is 1. The molecule has 2 heterocycles. The summed E-state index contributed by atoms with van der Waals surface area (Å²) in [6.45, 7) is -0.477. The average molecular weight is 416 g/mol. The van der Waals surface area contributed by atoms with E-state index < -0.39 is 5.97 Å². The first-order valence-corrected chi connectivity index (χ1v) is 10.1. The molecule has 4 aromatic rings. The molecule has 0 atom stereocenters. The summed E-state index contributed by atoms with van der Waals surface area (Å²) in [7, 11) is 0. The molecule has 0 unspecified atom stereocenters. The lowest BCUT2D eigenvalue weighted by atomic mass is 10.2. The number of rotatable bonds is 4. The molecule has 1 amide bonds. The second-order valence-corrected chi connectivity index (χ2v) is 7.75. The van der Waals surface area contributed by atoms with Crippen molar-refractivity contribution in [1.82, 2.24) is 15.0 Å². The Morgan fingerprint density at radius 3 is 2.23 bits per heavy atom. The summed E-state index contributed by atoms with van der Waals surface area (Å²) in [5.41, 5.74) is 2.99. The zero-order valence-corrected chi connectivity index (χ0v) is 16.6. The van der Waals surface area contributed by atoms with E-state index in [1.54, 1.807) is 16.7 Å². The summed E-state index contributed by atoms with van der Waals surface area (Å²) in [6, 6.07) is 22.7. The topological polar surface area (TPSA) is 77.3 Å². The Hall–Kier alpha value is -3.65. The van der Waals surface area contributed by atoms with E-state index in [-0.39, 0.29) is 19.1 Å². The van der Waals surface area contributed by atoms with Crippen molar-refractivity contribution in [2.45, 2.75) is 16.3 Å². The van der Waals surface area contributed by atoms with Gasteiger partial charge < -0.3 is 4.74 Å². The predicted molar refractivity (Wildman–Crippen MR) is 113 cm³/mol. The molecule has 0 aliphatic carbocycles. The van der Waals surface area contributed by atoms with Crippen molar-refractivity contribution in [1.29, 1.82) is 0 Å². The van der Waals surface area contributed by atoms with Crippen molar-refractivity contribution in [3.05, 3.63) is 72.8 Å². The molecule has 0 radical (unpaired) electrons. The fourth-order valence-electron chi connectivity index (χ4n) is 3.38. The van der Waals surface area contributed by atoms with Crippen molar-refractivity contribution >= 4 is 46.0 Å². The van der Waals surface area contributed by atoms with Crippen LogP contribution < -0.4 is 4.90 Å². The zero-order chi connectivity index (χ0) is 20.5. The zero-order valence-electron chi connectivity index (χ0n) is 15.8. The van der Waals surface area contributed by atoms with Gasteiger partial charge in [-0.2, -0.15) is 0 Å². The molecule has 30 heavy (non-hydrogen) atoms. The average Bonchev–Trinajstić information content (AvgIpc) is 3.18. The number of ether oxygens (including phenoxy) is 1. The first-order chi connectivity index (χ1) is 14.7. The fourth-order valence-corrected chi connectivity index (χ4v) is 4.44. The maximum Gasteiger partial charge on any atom is 0.328 e. The van der Waals surface area contributed by atoms with Gasteiger partial charge in [0.15, 0.2) is 6.61 Å². The highest BCUT2D eigenvalue weighted by Gasteiger charge is 2.28. The van der Waals surface area contributed by atoms with Crippen LogP contribution in [0.5, 0.6) is 0 Å². The van der Waals surface area contributed by atoms with Crippen LogP contribution in [0.15, 0.2) is 82.6 Å². The van der Waals surface area contributed by atoms with Gasteiger partial charge in [0.1, 0.15) is 12.1 Å². The highest BCUT2D eigenvalue weighted by atomic mass is 32.2. The van der Waals surface area contributed by atoms with E-state index in [1.807, 2.05) is 72.8 Å². The molecule has 0 fully saturated rings. The minimum Gasteiger partial charge on any atom is -0.454 e. The number of hydrogen-bond acceptors (Lipinski definition) is 6. The molecule has 1 aliphatic rings. The Morgan fingerprint density at radius 1 is 0.867 bits per heavy atom. The summed E-state index contributed by atoms with van der Waals surface area (Å²) in [5, 5.41) is 8.00. The molecule has 1 aromatic heterocycles. The van der Waals surface area contributed by atoms with Crippen molar-refractivity contribution in [3.63, 3.8) is 0 Å². The molecule has 5 rings (SSSR count). The van der Waals surface area contributed by atoms with Crippen molar-refractivity contribution < 1.29 is 14.3 Å². The molecule has 3 aromatic carbocycles. The SMILES string of the molecule is O=C(Cn1nnc2ccccc21)OCC(=O)N1c2ccccc2Sc2ccccc21. The minimum atomic E-state index is -0.549. The number of nitrogens with zero attached hydrogens (tertiary/aromatic N) is 4. The first kappa shape index (κ1) is 18.4. The molecule has 0 N–H and O–H groups in total. The van der Waals surface area contributed by atoms with Crippen LogP contribution in [0.25, 0.3) is 11.0 Å². The predicted octanol–water partition coefficient (Wildman–Crippen LogP) is 3.80. The second-order valence-electron chi connectivity index (χ2n) is 6.66. The minimum absolute atomic E-state index is 0.114. The van der Waals surface area contributed by atoms with E-state index in [1.165, 1.54) is 4.68 Å². The molecule has 0 saturated carbocycles. The maximum absolute atomic E-state index is 13.0. The number of hydrogen-bond donors (Lipinski definition) is 0. The molecule has 7 nitrogen and oxygen atoms in total. The molecule has 8 heteroatoms. The number of para-hydroxylation sites is 3. The van der Waals surface area contributed by atoms with Crippen molar-refractivity contribution in [2.75, 3.05) is 11.5 Å². The van der Waals surface area contributed by atoms with Crippen LogP contribution in [0.2, 0.25) is 0 Å². The van der Waals surface area contributed by atoms with Gasteiger partial charge in [0.25, 0.3) is 5.91 Å². The van der Waals surface area contributed by atoms with Crippen LogP contribution in [-0.2, 0) is 20.9 Å². The van der Waals surface area contributed by atoms with Gasteiger partial charge in [-0.05, 0) is 36.4 Å². The summed E-state index contributed by atoms with van der Waals surface area (Å²) >= 11 is 1.61. The second kappa shape index (κ2) is 7.64. The maximum atomic E-state index is 13.0. The molecule has 148 valence electrons. The molecule has 0 saturated heterocycles. The molecule has 0 bridgehead atoms. The fraction of sp³-hybridized carbons (Fsp3) is 0.0909. The van der Waals surface area contributed by atoms with E-state index in [2.05, 4.69) is 10.3 Å². The van der Waals surface area contributed by atoms with Gasteiger partial charge in [-0.3, -0.25) is 14.5 Å². The number of fused-ring (bicyclic) bond motifs is 3. The van der Waals surface area contributed by atoms with Gasteiger partial charge in [0.2, 0.25) is 0 Å². The number of carbonyl (C=O) groups excluding carboxylic acids is 2. The quantitative estimate of drug-likeness (QED) is 0.471. The largest absolute Gasteiger partial charge is 0.454 e. The van der Waals surface area contributed by atoms with E-state index >= 15 is 0 Å². The normalized spacial score (nSPS) is 12.3. The van der Waals surface area contributed by atoms with Crippen LogP contribution in [-0.4, -0.2) is 33.5 Å². The summed E-state index contributed by atoms with van der Waals surface area (Å²) in [4.78, 5) is 29.0. The van der Waals surface area contributed by atoms with Crippen LogP contribution in [0, 0.1) is 0 Å². The van der Waals surface area contributed by atoms with Gasteiger partial charge in [0, 0.05) is 9.79 Å². The van der Waals surface area contributed by atoms with E-state index in [9.17, 15) is 9.59 Å². The summed E-state index contributed by atoms with van der Waals surface area (Å²) in [5.74, 6) is -0.862. The van der Waals surface area contributed by atoms with Crippen molar-refractivity contribution in [3.8, 4) is 0 Å². The van der Waals surface area contributed by atoms with Gasteiger partial charge in [0.05, 0.1) is 16.9 Å². The molecular weight excluding hydrogens is 400 g/mol. The Labute approximate surface area is 176 Å². The summed E-state index contributed by atoms with van der Waals surface area (Å²) < 4.78 is 6.75. The summed E-state index contributed by atoms with van der Waals surface area (Å²) in [6.07, 6.45) is 0. The molecule has 1 aliphatic heterocycles. The van der Waals surface area contributed by atoms with Crippen LogP contribution in [0.1, 0.15) is 0 Å². The van der Waals surface area contributed by atoms with Crippen LogP contribution in [0.3, 0.4) is 0 Å². The number of anilines is 2. The van der Waals surface area contributed by atoms with Crippen LogP contribution in [0.4, 0.5) is 11.4 Å². The number of amides is 1. The number of carbonyl (C=O) groups is 2. The van der Waals surface area contributed by atoms with Gasteiger partial charge in [-0.25, -0.2) is 4.68 Å². The monoisotopic (exact) mass is 416 g/mol. The standard InChI is InChI=1S/C22H16N4O3S/c27-21(14-29-22(28)13-25-16-8-2-1-7-15(16)23-24-25)26-17-9-3-5-11-19(17)30-20-12-6-4-10-18(20)26/h1-12H,13-14H2. The highest BCUT2D eigenvalue weighted by Crippen LogP contribution is 2.47. The molecule has 0 spiro atoms. The van der Waals surface area contributed by atoms with Gasteiger partial charge in [-0.15, -0.1) is 5.10 Å². The lowest BCUT2D eigenvalue weighted by Crippen LogP contribution is -2.33.